The fraction of sp³-hybridized carbons (Fsp3) is 0.217. The molecule has 1 N–H and O–H groups in total. The monoisotopic (exact) mass is 431 g/mol. The highest BCUT2D eigenvalue weighted by atomic mass is 32.1. The summed E-state index contributed by atoms with van der Waals surface area (Å²) in [5.41, 5.74) is 3.32. The summed E-state index contributed by atoms with van der Waals surface area (Å²) in [7, 11) is 0. The van der Waals surface area contributed by atoms with Gasteiger partial charge in [0.05, 0.1) is 32.5 Å². The standard InChI is InChI=1S/C23H21N5O2S/c1-14-10-21(28(26-14)17-6-4-3-5-7-17)25-23(30)16-11-22(29)27(13-16)18-8-9-20-19(12-18)24-15(2)31-20/h3-10,12,16H,11,13H2,1-2H3,(H,25,30). The van der Waals surface area contributed by atoms with Crippen molar-refractivity contribution in [2.45, 2.75) is 20.3 Å². The van der Waals surface area contributed by atoms with E-state index in [0.717, 1.165) is 32.3 Å². The van der Waals surface area contributed by atoms with Gasteiger partial charge in [0.15, 0.2) is 0 Å². The number of thiazole rings is 1. The number of rotatable bonds is 4. The molecule has 2 amide bonds. The van der Waals surface area contributed by atoms with E-state index in [-0.39, 0.29) is 18.2 Å². The summed E-state index contributed by atoms with van der Waals surface area (Å²) in [6.07, 6.45) is 0.179. The number of hydrogen-bond donors (Lipinski definition) is 1. The summed E-state index contributed by atoms with van der Waals surface area (Å²) in [6, 6.07) is 17.3. The molecule has 0 aliphatic carbocycles. The molecule has 0 radical (unpaired) electrons. The van der Waals surface area contributed by atoms with Crippen molar-refractivity contribution in [3.63, 3.8) is 0 Å². The molecule has 1 atom stereocenters. The van der Waals surface area contributed by atoms with Gasteiger partial charge in [-0.2, -0.15) is 5.10 Å². The Balaban J connectivity index is 1.35. The van der Waals surface area contributed by atoms with Crippen molar-refractivity contribution in [1.29, 1.82) is 0 Å². The van der Waals surface area contributed by atoms with Crippen LogP contribution in [0.2, 0.25) is 0 Å². The second-order valence-electron chi connectivity index (χ2n) is 7.70. The number of amides is 2. The molecule has 2 aromatic carbocycles. The summed E-state index contributed by atoms with van der Waals surface area (Å²) >= 11 is 1.63. The number of nitrogens with zero attached hydrogens (tertiary/aromatic N) is 4. The van der Waals surface area contributed by atoms with Crippen LogP contribution in [0.3, 0.4) is 0 Å². The average molecular weight is 432 g/mol. The molecule has 5 rings (SSSR count). The lowest BCUT2D eigenvalue weighted by molar-refractivity contribution is -0.122. The summed E-state index contributed by atoms with van der Waals surface area (Å²) in [6.45, 7) is 4.19. The minimum Gasteiger partial charge on any atom is -0.312 e. The number of hydrogen-bond acceptors (Lipinski definition) is 5. The predicted octanol–water partition coefficient (Wildman–Crippen LogP) is 4.09. The number of aromatic nitrogens is 3. The molecule has 4 aromatic rings. The van der Waals surface area contributed by atoms with Crippen LogP contribution in [0.5, 0.6) is 0 Å². The molecule has 0 spiro atoms. The van der Waals surface area contributed by atoms with E-state index in [1.807, 2.05) is 68.4 Å². The molecule has 1 saturated heterocycles. The molecule has 1 unspecified atom stereocenters. The first-order valence-corrected chi connectivity index (χ1v) is 10.9. The van der Waals surface area contributed by atoms with E-state index in [1.165, 1.54) is 0 Å². The molecule has 0 saturated carbocycles. The zero-order valence-corrected chi connectivity index (χ0v) is 18.0. The van der Waals surface area contributed by atoms with Crippen LogP contribution >= 0.6 is 11.3 Å². The highest BCUT2D eigenvalue weighted by Gasteiger charge is 2.35. The van der Waals surface area contributed by atoms with Crippen molar-refractivity contribution >= 4 is 44.9 Å². The number of fused-ring (bicyclic) bond motifs is 1. The molecule has 156 valence electrons. The molecule has 1 fully saturated rings. The second-order valence-corrected chi connectivity index (χ2v) is 8.93. The molecule has 8 heteroatoms. The van der Waals surface area contributed by atoms with Crippen LogP contribution < -0.4 is 10.2 Å². The fourth-order valence-corrected chi connectivity index (χ4v) is 4.72. The molecular formula is C23H21N5O2S. The third kappa shape index (κ3) is 3.70. The minimum absolute atomic E-state index is 0.0563. The third-order valence-electron chi connectivity index (χ3n) is 5.37. The van der Waals surface area contributed by atoms with Gasteiger partial charge in [0.1, 0.15) is 5.82 Å². The predicted molar refractivity (Wildman–Crippen MR) is 122 cm³/mol. The first-order valence-electron chi connectivity index (χ1n) is 10.1. The Morgan fingerprint density at radius 3 is 2.71 bits per heavy atom. The minimum atomic E-state index is -0.431. The van der Waals surface area contributed by atoms with E-state index in [4.69, 9.17) is 0 Å². The summed E-state index contributed by atoms with van der Waals surface area (Å²) in [4.78, 5) is 31.9. The number of para-hydroxylation sites is 1. The van der Waals surface area contributed by atoms with Gasteiger partial charge in [0.25, 0.3) is 0 Å². The molecule has 7 nitrogen and oxygen atoms in total. The highest BCUT2D eigenvalue weighted by Crippen LogP contribution is 2.31. The average Bonchev–Trinajstić information content (AvgIpc) is 3.43. The topological polar surface area (TPSA) is 80.1 Å². The summed E-state index contributed by atoms with van der Waals surface area (Å²) in [5.74, 6) is -0.0727. The van der Waals surface area contributed by atoms with E-state index in [9.17, 15) is 9.59 Å². The van der Waals surface area contributed by atoms with Gasteiger partial charge in [-0.05, 0) is 44.2 Å². The maximum atomic E-state index is 13.0. The Labute approximate surface area is 183 Å². The second kappa shape index (κ2) is 7.63. The van der Waals surface area contributed by atoms with E-state index in [1.54, 1.807) is 20.9 Å². The molecule has 2 aromatic heterocycles. The van der Waals surface area contributed by atoms with Gasteiger partial charge in [-0.25, -0.2) is 9.67 Å². The van der Waals surface area contributed by atoms with Crippen molar-refractivity contribution in [1.82, 2.24) is 14.8 Å². The van der Waals surface area contributed by atoms with Crippen LogP contribution in [0.4, 0.5) is 11.5 Å². The summed E-state index contributed by atoms with van der Waals surface area (Å²) in [5, 5.41) is 8.45. The van der Waals surface area contributed by atoms with Gasteiger partial charge < -0.3 is 10.2 Å². The zero-order valence-electron chi connectivity index (χ0n) is 17.2. The molecule has 3 heterocycles. The number of nitrogens with one attached hydrogen (secondary N) is 1. The van der Waals surface area contributed by atoms with E-state index in [2.05, 4.69) is 15.4 Å². The van der Waals surface area contributed by atoms with Crippen molar-refractivity contribution < 1.29 is 9.59 Å². The molecule has 31 heavy (non-hydrogen) atoms. The number of anilines is 2. The van der Waals surface area contributed by atoms with Crippen molar-refractivity contribution in [3.05, 3.63) is 65.3 Å². The Kier molecular flexibility index (Phi) is 4.78. The van der Waals surface area contributed by atoms with Crippen LogP contribution in [0.1, 0.15) is 17.1 Å². The lowest BCUT2D eigenvalue weighted by Gasteiger charge is -2.17. The Morgan fingerprint density at radius 1 is 1.10 bits per heavy atom. The largest absolute Gasteiger partial charge is 0.312 e. The Hall–Kier alpha value is -3.52. The smallest absolute Gasteiger partial charge is 0.230 e. The molecular weight excluding hydrogens is 410 g/mol. The molecule has 1 aliphatic heterocycles. The Morgan fingerprint density at radius 2 is 1.90 bits per heavy atom. The lowest BCUT2D eigenvalue weighted by Crippen LogP contribution is -2.28. The number of carbonyl (C=O) groups is 2. The van der Waals surface area contributed by atoms with Gasteiger partial charge in [-0.3, -0.25) is 9.59 Å². The van der Waals surface area contributed by atoms with Gasteiger partial charge in [-0.1, -0.05) is 18.2 Å². The van der Waals surface area contributed by atoms with E-state index >= 15 is 0 Å². The maximum absolute atomic E-state index is 13.0. The number of benzene rings is 2. The van der Waals surface area contributed by atoms with Gasteiger partial charge in [-0.15, -0.1) is 11.3 Å². The van der Waals surface area contributed by atoms with E-state index in [0.29, 0.717) is 12.4 Å². The highest BCUT2D eigenvalue weighted by molar-refractivity contribution is 7.18. The first-order chi connectivity index (χ1) is 15.0. The van der Waals surface area contributed by atoms with Crippen molar-refractivity contribution in [2.24, 2.45) is 5.92 Å². The van der Waals surface area contributed by atoms with Crippen molar-refractivity contribution in [2.75, 3.05) is 16.8 Å². The summed E-state index contributed by atoms with van der Waals surface area (Å²) < 4.78 is 2.80. The third-order valence-corrected chi connectivity index (χ3v) is 6.32. The van der Waals surface area contributed by atoms with Crippen molar-refractivity contribution in [3.8, 4) is 5.69 Å². The Bertz CT molecular complexity index is 1290. The van der Waals surface area contributed by atoms with Crippen LogP contribution in [0.25, 0.3) is 15.9 Å². The SMILES string of the molecule is Cc1cc(NC(=O)C2CC(=O)N(c3ccc4sc(C)nc4c3)C2)n(-c2ccccc2)n1. The molecule has 0 bridgehead atoms. The quantitative estimate of drug-likeness (QED) is 0.528. The number of carbonyl (C=O) groups excluding carboxylic acids is 2. The van der Waals surface area contributed by atoms with Crippen LogP contribution in [0, 0.1) is 19.8 Å². The molecule has 1 aliphatic rings. The van der Waals surface area contributed by atoms with E-state index < -0.39 is 5.92 Å². The zero-order chi connectivity index (χ0) is 21.5. The maximum Gasteiger partial charge on any atom is 0.230 e. The fourth-order valence-electron chi connectivity index (χ4n) is 3.91. The lowest BCUT2D eigenvalue weighted by atomic mass is 10.1. The van der Waals surface area contributed by atoms with Gasteiger partial charge >= 0.3 is 0 Å². The van der Waals surface area contributed by atoms with Gasteiger partial charge in [0.2, 0.25) is 11.8 Å². The van der Waals surface area contributed by atoms with Crippen LogP contribution in [-0.4, -0.2) is 33.1 Å². The van der Waals surface area contributed by atoms with Crippen LogP contribution in [0.15, 0.2) is 54.6 Å². The van der Waals surface area contributed by atoms with Gasteiger partial charge in [0, 0.05) is 24.7 Å². The normalized spacial score (nSPS) is 16.3. The number of aryl methyl sites for hydroxylation is 2. The first kappa shape index (κ1) is 19.4. The van der Waals surface area contributed by atoms with Crippen LogP contribution in [-0.2, 0) is 9.59 Å².